The van der Waals surface area contributed by atoms with Crippen molar-refractivity contribution in [2.24, 2.45) is 0 Å². The Morgan fingerprint density at radius 2 is 1.91 bits per heavy atom. The highest BCUT2D eigenvalue weighted by Gasteiger charge is 2.26. The van der Waals surface area contributed by atoms with Gasteiger partial charge in [-0.15, -0.1) is 0 Å². The lowest BCUT2D eigenvalue weighted by Crippen LogP contribution is -2.42. The van der Waals surface area contributed by atoms with Gasteiger partial charge in [0.15, 0.2) is 10.0 Å². The summed E-state index contributed by atoms with van der Waals surface area (Å²) in [5.74, 6) is -2.64. The van der Waals surface area contributed by atoms with Crippen molar-refractivity contribution in [2.75, 3.05) is 44.7 Å². The van der Waals surface area contributed by atoms with Crippen molar-refractivity contribution in [1.82, 2.24) is 15.2 Å². The first-order chi connectivity index (χ1) is 15.8. The van der Waals surface area contributed by atoms with E-state index in [2.05, 4.69) is 20.5 Å². The van der Waals surface area contributed by atoms with Gasteiger partial charge in [0.25, 0.3) is 0 Å². The van der Waals surface area contributed by atoms with Gasteiger partial charge in [-0.3, -0.25) is 10.2 Å². The number of hydrogen-bond acceptors (Lipinski definition) is 8. The Hall–Kier alpha value is -2.87. The number of fused-ring (bicyclic) bond motifs is 1. The molecule has 0 saturated carbocycles. The van der Waals surface area contributed by atoms with Crippen LogP contribution in [0.1, 0.15) is 0 Å². The van der Waals surface area contributed by atoms with Crippen molar-refractivity contribution in [3.05, 3.63) is 48.0 Å². The molecule has 0 aliphatic carbocycles. The van der Waals surface area contributed by atoms with Gasteiger partial charge in [-0.25, -0.2) is 18.6 Å². The molecule has 0 atom stereocenters. The number of ether oxygens (including phenoxy) is 1. The van der Waals surface area contributed by atoms with E-state index in [1.54, 1.807) is 0 Å². The number of amides is 2. The highest BCUT2D eigenvalue weighted by Crippen LogP contribution is 2.31. The third-order valence-electron chi connectivity index (χ3n) is 4.77. The lowest BCUT2D eigenvalue weighted by molar-refractivity contribution is 0.0388. The number of benzene rings is 2. The molecule has 4 rings (SSSR count). The minimum absolute atomic E-state index is 0.143. The van der Waals surface area contributed by atoms with Crippen molar-refractivity contribution in [3.8, 4) is 5.75 Å². The molecule has 2 heterocycles. The highest BCUT2D eigenvalue weighted by molar-refractivity contribution is 7.87. The molecule has 1 aliphatic rings. The summed E-state index contributed by atoms with van der Waals surface area (Å²) in [6.45, 7) is 4.17. The number of nitrogens with zero attached hydrogens (tertiary/aromatic N) is 2. The molecule has 176 valence electrons. The van der Waals surface area contributed by atoms with E-state index in [0.717, 1.165) is 42.6 Å². The summed E-state index contributed by atoms with van der Waals surface area (Å²) in [6, 6.07) is 6.45. The van der Waals surface area contributed by atoms with Gasteiger partial charge in [-0.1, -0.05) is 17.4 Å². The average molecular weight is 499 g/mol. The predicted octanol–water partition coefficient (Wildman–Crippen LogP) is 2.80. The smallest absolute Gasteiger partial charge is 0.345 e. The number of aromatic nitrogens is 1. The van der Waals surface area contributed by atoms with Gasteiger partial charge in [0.2, 0.25) is 0 Å². The predicted molar refractivity (Wildman–Crippen MR) is 118 cm³/mol. The molecule has 0 unspecified atom stereocenters. The maximum absolute atomic E-state index is 13.9. The van der Waals surface area contributed by atoms with E-state index < -0.39 is 32.7 Å². The fourth-order valence-corrected chi connectivity index (χ4v) is 5.14. The Balaban J connectivity index is 1.39. The van der Waals surface area contributed by atoms with E-state index in [-0.39, 0.29) is 5.75 Å². The lowest BCUT2D eigenvalue weighted by atomic mass is 10.3. The third kappa shape index (κ3) is 5.74. The Morgan fingerprint density at radius 1 is 1.18 bits per heavy atom. The zero-order valence-electron chi connectivity index (χ0n) is 17.2. The van der Waals surface area contributed by atoms with Crippen LogP contribution in [0.15, 0.2) is 41.3 Å². The minimum atomic E-state index is -4.73. The van der Waals surface area contributed by atoms with Crippen molar-refractivity contribution in [1.29, 1.82) is 0 Å². The Kier molecular flexibility index (Phi) is 7.02. The van der Waals surface area contributed by atoms with Crippen LogP contribution in [0.4, 0.5) is 18.7 Å². The molecule has 0 spiro atoms. The molecule has 1 aliphatic heterocycles. The number of carbonyl (C=O) groups excluding carboxylic acids is 1. The number of carbonyl (C=O) groups is 1. The Labute approximate surface area is 192 Å². The van der Waals surface area contributed by atoms with Crippen molar-refractivity contribution < 1.29 is 30.9 Å². The van der Waals surface area contributed by atoms with Crippen LogP contribution in [0.5, 0.6) is 5.75 Å². The quantitative estimate of drug-likeness (QED) is 0.482. The maximum Gasteiger partial charge on any atom is 0.345 e. The molecule has 1 aromatic heterocycles. The maximum atomic E-state index is 13.9. The Bertz CT molecular complexity index is 1240. The summed E-state index contributed by atoms with van der Waals surface area (Å²) in [7, 11) is -4.73. The largest absolute Gasteiger partial charge is 0.379 e. The summed E-state index contributed by atoms with van der Waals surface area (Å²) in [6.07, 6.45) is 0. The number of rotatable bonds is 7. The topological polar surface area (TPSA) is 110 Å². The first-order valence-electron chi connectivity index (χ1n) is 9.96. The second-order valence-corrected chi connectivity index (χ2v) is 9.59. The number of nitrogens with one attached hydrogen (secondary N) is 2. The lowest BCUT2D eigenvalue weighted by Gasteiger charge is -2.26. The van der Waals surface area contributed by atoms with Crippen LogP contribution in [0, 0.1) is 11.6 Å². The number of anilines is 1. The number of urea groups is 1. The van der Waals surface area contributed by atoms with Crippen LogP contribution in [0.2, 0.25) is 0 Å². The number of morpholine rings is 1. The molecule has 2 N–H and O–H groups in total. The van der Waals surface area contributed by atoms with Crippen LogP contribution in [-0.4, -0.2) is 63.7 Å². The van der Waals surface area contributed by atoms with E-state index in [0.29, 0.717) is 41.7 Å². The minimum Gasteiger partial charge on any atom is -0.379 e. The van der Waals surface area contributed by atoms with Gasteiger partial charge in [0.1, 0.15) is 17.4 Å². The van der Waals surface area contributed by atoms with E-state index in [1.165, 1.54) is 18.2 Å². The molecule has 2 amide bonds. The molecular formula is C20H20F2N4O5S2. The summed E-state index contributed by atoms with van der Waals surface area (Å²) in [5, 5.41) is 5.69. The molecule has 1 saturated heterocycles. The van der Waals surface area contributed by atoms with E-state index >= 15 is 0 Å². The van der Waals surface area contributed by atoms with Crippen molar-refractivity contribution in [3.63, 3.8) is 0 Å². The van der Waals surface area contributed by atoms with Gasteiger partial charge in [0, 0.05) is 32.2 Å². The van der Waals surface area contributed by atoms with Gasteiger partial charge in [-0.2, -0.15) is 8.42 Å². The molecule has 3 aromatic rings. The molecule has 0 bridgehead atoms. The fraction of sp³-hybridized carbons (Fsp3) is 0.300. The second-order valence-electron chi connectivity index (χ2n) is 7.07. The molecule has 2 aromatic carbocycles. The monoisotopic (exact) mass is 498 g/mol. The molecule has 33 heavy (non-hydrogen) atoms. The van der Waals surface area contributed by atoms with Crippen LogP contribution in [0.25, 0.3) is 10.2 Å². The first-order valence-corrected chi connectivity index (χ1v) is 12.2. The Morgan fingerprint density at radius 3 is 2.64 bits per heavy atom. The fourth-order valence-electron chi connectivity index (χ4n) is 3.19. The van der Waals surface area contributed by atoms with E-state index in [4.69, 9.17) is 8.92 Å². The molecular weight excluding hydrogens is 478 g/mol. The van der Waals surface area contributed by atoms with Crippen LogP contribution >= 0.6 is 11.3 Å². The van der Waals surface area contributed by atoms with Crippen molar-refractivity contribution >= 4 is 42.8 Å². The van der Waals surface area contributed by atoms with Gasteiger partial charge in [-0.05, 0) is 24.3 Å². The SMILES string of the molecule is O=C(NCCN1CCOCC1)Nc1nc2ccc(OS(=O)(=O)c3c(F)cccc3F)cc2s1. The van der Waals surface area contributed by atoms with Gasteiger partial charge < -0.3 is 14.2 Å². The summed E-state index contributed by atoms with van der Waals surface area (Å²) < 4.78 is 63.1. The average Bonchev–Trinajstić information content (AvgIpc) is 3.15. The van der Waals surface area contributed by atoms with Crippen LogP contribution in [0.3, 0.4) is 0 Å². The summed E-state index contributed by atoms with van der Waals surface area (Å²) in [4.78, 5) is 17.4. The summed E-state index contributed by atoms with van der Waals surface area (Å²) >= 11 is 1.10. The zero-order valence-corrected chi connectivity index (χ0v) is 18.8. The molecule has 9 nitrogen and oxygen atoms in total. The van der Waals surface area contributed by atoms with Crippen LogP contribution in [-0.2, 0) is 14.9 Å². The van der Waals surface area contributed by atoms with E-state index in [9.17, 15) is 22.0 Å². The number of thiazole rings is 1. The van der Waals surface area contributed by atoms with E-state index in [1.807, 2.05) is 0 Å². The second kappa shape index (κ2) is 9.95. The van der Waals surface area contributed by atoms with Crippen LogP contribution < -0.4 is 14.8 Å². The number of hydrogen-bond donors (Lipinski definition) is 2. The standard InChI is InChI=1S/C20H20F2N4O5S2/c21-14-2-1-3-15(22)18(14)33(28,29)31-13-4-5-16-17(12-13)32-20(24-16)25-19(27)23-6-7-26-8-10-30-11-9-26/h1-5,12H,6-11H2,(H2,23,24,25,27). The zero-order chi connectivity index (χ0) is 23.4. The molecule has 1 fully saturated rings. The highest BCUT2D eigenvalue weighted by atomic mass is 32.2. The van der Waals surface area contributed by atoms with Crippen molar-refractivity contribution in [2.45, 2.75) is 4.90 Å². The first kappa shape index (κ1) is 23.3. The summed E-state index contributed by atoms with van der Waals surface area (Å²) in [5.41, 5.74) is 0.491. The molecule has 0 radical (unpaired) electrons. The number of halogens is 2. The normalized spacial score (nSPS) is 14.8. The third-order valence-corrected chi connectivity index (χ3v) is 7.01. The molecule has 13 heteroatoms. The van der Waals surface area contributed by atoms with Gasteiger partial charge >= 0.3 is 16.1 Å². The van der Waals surface area contributed by atoms with Gasteiger partial charge in [0.05, 0.1) is 23.4 Å².